The van der Waals surface area contributed by atoms with Crippen LogP contribution in [0.2, 0.25) is 0 Å². The summed E-state index contributed by atoms with van der Waals surface area (Å²) < 4.78 is 0. The van der Waals surface area contributed by atoms with Gasteiger partial charge in [-0.3, -0.25) is 10.1 Å². The van der Waals surface area contributed by atoms with Crippen LogP contribution in [0.1, 0.15) is 37.5 Å². The Morgan fingerprint density at radius 2 is 2.00 bits per heavy atom. The maximum Gasteiger partial charge on any atom is 0.273 e. The zero-order valence-corrected chi connectivity index (χ0v) is 9.78. The number of hydrogen-bond acceptors (Lipinski definition) is 2. The van der Waals surface area contributed by atoms with Crippen molar-refractivity contribution in [1.29, 1.82) is 0 Å². The molecule has 0 spiro atoms. The molecule has 0 aromatic heterocycles. The molecule has 2 rings (SSSR count). The molecule has 1 aromatic rings. The normalized spacial score (nSPS) is 14.6. The second-order valence-corrected chi connectivity index (χ2v) is 5.17. The number of hydrogen-bond donors (Lipinski definition) is 0. The molecule has 1 aliphatic rings. The van der Waals surface area contributed by atoms with Gasteiger partial charge in [0, 0.05) is 0 Å². The van der Waals surface area contributed by atoms with Crippen LogP contribution in [0, 0.1) is 10.1 Å². The predicted octanol–water partition coefficient (Wildman–Crippen LogP) is 3.16. The van der Waals surface area contributed by atoms with Crippen LogP contribution in [-0.4, -0.2) is 4.92 Å². The SMILES string of the molecule is CC(C)(C)c1ccc2c(c1)C([N+](=O)[O-])=CC2. The molecule has 3 heteroatoms. The summed E-state index contributed by atoms with van der Waals surface area (Å²) in [7, 11) is 0. The quantitative estimate of drug-likeness (QED) is 0.535. The Balaban J connectivity index is 2.51. The van der Waals surface area contributed by atoms with E-state index in [-0.39, 0.29) is 16.0 Å². The van der Waals surface area contributed by atoms with Gasteiger partial charge in [-0.15, -0.1) is 0 Å². The Kier molecular flexibility index (Phi) is 2.34. The lowest BCUT2D eigenvalue weighted by atomic mass is 9.85. The maximum absolute atomic E-state index is 10.9. The van der Waals surface area contributed by atoms with Gasteiger partial charge in [-0.1, -0.05) is 32.9 Å². The molecule has 0 saturated heterocycles. The van der Waals surface area contributed by atoms with E-state index in [0.29, 0.717) is 6.42 Å². The largest absolute Gasteiger partial charge is 0.273 e. The van der Waals surface area contributed by atoms with E-state index in [1.54, 1.807) is 6.08 Å². The molecule has 0 N–H and O–H groups in total. The minimum absolute atomic E-state index is 0.0271. The molecule has 1 aliphatic carbocycles. The van der Waals surface area contributed by atoms with Crippen molar-refractivity contribution in [1.82, 2.24) is 0 Å². The van der Waals surface area contributed by atoms with Crippen LogP contribution >= 0.6 is 0 Å². The molecule has 0 bridgehead atoms. The van der Waals surface area contributed by atoms with Crippen molar-refractivity contribution in [3.63, 3.8) is 0 Å². The molecule has 0 radical (unpaired) electrons. The van der Waals surface area contributed by atoms with Gasteiger partial charge in [-0.2, -0.15) is 0 Å². The summed E-state index contributed by atoms with van der Waals surface area (Å²) in [5, 5.41) is 10.9. The number of nitrogens with zero attached hydrogens (tertiary/aromatic N) is 1. The summed E-state index contributed by atoms with van der Waals surface area (Å²) in [6.45, 7) is 6.33. The first-order valence-corrected chi connectivity index (χ1v) is 5.38. The Morgan fingerprint density at radius 1 is 1.31 bits per heavy atom. The fourth-order valence-electron chi connectivity index (χ4n) is 1.95. The third-order valence-electron chi connectivity index (χ3n) is 2.96. The molecule has 0 unspecified atom stereocenters. The summed E-state index contributed by atoms with van der Waals surface area (Å²) in [4.78, 5) is 10.6. The fraction of sp³-hybridized carbons (Fsp3) is 0.385. The molecular weight excluding hydrogens is 202 g/mol. The van der Waals surface area contributed by atoms with Crippen molar-refractivity contribution in [3.8, 4) is 0 Å². The number of fused-ring (bicyclic) bond motifs is 1. The molecule has 3 nitrogen and oxygen atoms in total. The van der Waals surface area contributed by atoms with E-state index < -0.39 is 0 Å². The van der Waals surface area contributed by atoms with Crippen LogP contribution in [0.15, 0.2) is 24.3 Å². The molecule has 0 atom stereocenters. The van der Waals surface area contributed by atoms with E-state index >= 15 is 0 Å². The van der Waals surface area contributed by atoms with E-state index in [1.165, 1.54) is 0 Å². The zero-order valence-electron chi connectivity index (χ0n) is 9.78. The van der Waals surface area contributed by atoms with Crippen LogP contribution in [-0.2, 0) is 11.8 Å². The molecule has 0 heterocycles. The van der Waals surface area contributed by atoms with Crippen molar-refractivity contribution in [2.75, 3.05) is 0 Å². The highest BCUT2D eigenvalue weighted by molar-refractivity contribution is 5.68. The number of allylic oxidation sites excluding steroid dienone is 1. The molecule has 0 saturated carbocycles. The van der Waals surface area contributed by atoms with E-state index in [2.05, 4.69) is 26.8 Å². The third-order valence-corrected chi connectivity index (χ3v) is 2.96. The van der Waals surface area contributed by atoms with Gasteiger partial charge in [-0.25, -0.2) is 0 Å². The van der Waals surface area contributed by atoms with Crippen LogP contribution in [0.3, 0.4) is 0 Å². The summed E-state index contributed by atoms with van der Waals surface area (Å²) in [5.74, 6) is 0. The van der Waals surface area contributed by atoms with Crippen LogP contribution in [0.25, 0.3) is 5.70 Å². The van der Waals surface area contributed by atoms with Gasteiger partial charge < -0.3 is 0 Å². The summed E-state index contributed by atoms with van der Waals surface area (Å²) in [6.07, 6.45) is 2.37. The minimum Gasteiger partial charge on any atom is -0.258 e. The first-order chi connectivity index (χ1) is 7.39. The van der Waals surface area contributed by atoms with E-state index in [1.807, 2.05) is 12.1 Å². The molecule has 0 fully saturated rings. The van der Waals surface area contributed by atoms with Crippen LogP contribution in [0.4, 0.5) is 0 Å². The predicted molar refractivity (Wildman–Crippen MR) is 63.8 cm³/mol. The molecule has 1 aromatic carbocycles. The number of benzene rings is 1. The molecule has 0 amide bonds. The average molecular weight is 217 g/mol. The maximum atomic E-state index is 10.9. The highest BCUT2D eigenvalue weighted by atomic mass is 16.6. The smallest absolute Gasteiger partial charge is 0.258 e. The van der Waals surface area contributed by atoms with E-state index in [4.69, 9.17) is 0 Å². The van der Waals surface area contributed by atoms with Gasteiger partial charge in [0.25, 0.3) is 5.70 Å². The van der Waals surface area contributed by atoms with Crippen molar-refractivity contribution in [3.05, 3.63) is 51.1 Å². The standard InChI is InChI=1S/C13H15NO2/c1-13(2,3)10-6-4-9-5-7-12(14(15)16)11(9)8-10/h4,6-8H,5H2,1-3H3. The molecular formula is C13H15NO2. The van der Waals surface area contributed by atoms with Gasteiger partial charge in [0.1, 0.15) is 0 Å². The topological polar surface area (TPSA) is 43.1 Å². The fourth-order valence-corrected chi connectivity index (χ4v) is 1.95. The Bertz CT molecular complexity index is 481. The Hall–Kier alpha value is -1.64. The van der Waals surface area contributed by atoms with Gasteiger partial charge in [0.15, 0.2) is 0 Å². The average Bonchev–Trinajstić information content (AvgIpc) is 2.58. The number of rotatable bonds is 1. The van der Waals surface area contributed by atoms with Crippen molar-refractivity contribution >= 4 is 5.70 Å². The Labute approximate surface area is 94.9 Å². The zero-order chi connectivity index (χ0) is 11.9. The summed E-state index contributed by atoms with van der Waals surface area (Å²) >= 11 is 0. The van der Waals surface area contributed by atoms with Gasteiger partial charge >= 0.3 is 0 Å². The minimum atomic E-state index is -0.293. The van der Waals surface area contributed by atoms with Crippen LogP contribution in [0.5, 0.6) is 0 Å². The Morgan fingerprint density at radius 3 is 2.56 bits per heavy atom. The second kappa shape index (κ2) is 3.44. The molecule has 0 aliphatic heterocycles. The summed E-state index contributed by atoms with van der Waals surface area (Å²) in [6, 6.07) is 6.02. The van der Waals surface area contributed by atoms with Gasteiger partial charge in [0.2, 0.25) is 0 Å². The molecule has 84 valence electrons. The highest BCUT2D eigenvalue weighted by Crippen LogP contribution is 2.32. The van der Waals surface area contributed by atoms with Gasteiger partial charge in [0.05, 0.1) is 10.5 Å². The third kappa shape index (κ3) is 1.73. The highest BCUT2D eigenvalue weighted by Gasteiger charge is 2.25. The van der Waals surface area contributed by atoms with Gasteiger partial charge in [-0.05, 0) is 35.1 Å². The first-order valence-electron chi connectivity index (χ1n) is 5.38. The monoisotopic (exact) mass is 217 g/mol. The van der Waals surface area contributed by atoms with E-state index in [9.17, 15) is 10.1 Å². The lowest BCUT2D eigenvalue weighted by Gasteiger charge is -2.19. The first kappa shape index (κ1) is 10.9. The van der Waals surface area contributed by atoms with Crippen LogP contribution < -0.4 is 0 Å². The van der Waals surface area contributed by atoms with E-state index in [0.717, 1.165) is 16.7 Å². The van der Waals surface area contributed by atoms with Crippen molar-refractivity contribution in [2.24, 2.45) is 0 Å². The number of nitro groups is 1. The summed E-state index contributed by atoms with van der Waals surface area (Å²) in [5.41, 5.74) is 3.26. The lowest BCUT2D eigenvalue weighted by molar-refractivity contribution is -0.375. The lowest BCUT2D eigenvalue weighted by Crippen LogP contribution is -2.11. The molecule has 16 heavy (non-hydrogen) atoms. The second-order valence-electron chi connectivity index (χ2n) is 5.17. The van der Waals surface area contributed by atoms with Crippen molar-refractivity contribution in [2.45, 2.75) is 32.6 Å². The van der Waals surface area contributed by atoms with Crippen molar-refractivity contribution < 1.29 is 4.92 Å².